The SMILES string of the molecule is C=CC(CCC(S)C(CCCC(S)(CC/C=C(/CC)c1ccccc1)c1ccccc1)c1ccccc1)(CC(CCS)(CC(C)(c1ccccc1)C(C)S)c1ccccc1)c1ccccc1.C=CC(CCC(SC(C)=O)C(CCCC(CC/C=C(/CC)c1ccccc1)(SC(C)=O)c1ccccc1)c1ccccc1)(CC(CCSC(C)=O)(CC(C)(c1ccccc1)C(C)SC(C)=O)c1ccccc1)c1ccccc1.[Na+].[OH-]. The van der Waals surface area contributed by atoms with Crippen LogP contribution in [0.3, 0.4) is 0 Å². The van der Waals surface area contributed by atoms with Crippen molar-refractivity contribution in [1.29, 1.82) is 0 Å². The van der Waals surface area contributed by atoms with Crippen molar-refractivity contribution in [2.45, 2.75) is 285 Å². The van der Waals surface area contributed by atoms with Crippen LogP contribution in [0.5, 0.6) is 0 Å². The van der Waals surface area contributed by atoms with Gasteiger partial charge in [-0.3, -0.25) is 19.2 Å². The number of benzene rings is 12. The summed E-state index contributed by atoms with van der Waals surface area (Å²) in [5, 5.41) is 0.449. The smallest absolute Gasteiger partial charge is 0.870 e. The van der Waals surface area contributed by atoms with Crippen LogP contribution in [0.4, 0.5) is 0 Å². The Morgan fingerprint density at radius 2 is 0.712 bits per heavy atom. The quantitative estimate of drug-likeness (QED) is 0.0169. The second-order valence-corrected chi connectivity index (χ2v) is 49.0. The topological polar surface area (TPSA) is 98.3 Å². The zero-order chi connectivity index (χ0) is 103. The minimum Gasteiger partial charge on any atom is -0.870 e. The average molecular weight is 2100 g/mol. The van der Waals surface area contributed by atoms with Crippen LogP contribution < -0.4 is 29.6 Å². The fourth-order valence-electron chi connectivity index (χ4n) is 23.0. The molecule has 14 heteroatoms. The van der Waals surface area contributed by atoms with Crippen LogP contribution in [0.1, 0.15) is 289 Å². The van der Waals surface area contributed by atoms with Crippen LogP contribution in [0.15, 0.2) is 401 Å². The first-order valence-electron chi connectivity index (χ1n) is 52.3. The normalized spacial score (nSPS) is 16.2. The summed E-state index contributed by atoms with van der Waals surface area (Å²) >= 11 is 27.2. The van der Waals surface area contributed by atoms with E-state index in [1.807, 2.05) is 0 Å². The van der Waals surface area contributed by atoms with Crippen molar-refractivity contribution in [2.24, 2.45) is 0 Å². The fraction of sp³-hybridized carbons (Fsp3) is 0.364. The summed E-state index contributed by atoms with van der Waals surface area (Å²) in [4.78, 5) is 53.1. The van der Waals surface area contributed by atoms with Gasteiger partial charge in [0.05, 0.1) is 0 Å². The first-order chi connectivity index (χ1) is 69.6. The molecule has 0 heterocycles. The van der Waals surface area contributed by atoms with E-state index in [0.29, 0.717) is 31.4 Å². The van der Waals surface area contributed by atoms with Crippen molar-refractivity contribution in [3.63, 3.8) is 0 Å². The Morgan fingerprint density at radius 1 is 0.363 bits per heavy atom. The first-order valence-corrected chi connectivity index (χ1v) is 57.9. The van der Waals surface area contributed by atoms with Crippen molar-refractivity contribution in [1.82, 2.24) is 0 Å². The van der Waals surface area contributed by atoms with Gasteiger partial charge >= 0.3 is 29.6 Å². The number of thiol groups is 4. The molecule has 0 aromatic heterocycles. The number of carbonyl (C=O) groups excluding carboxylic acids is 4. The molecule has 5 nitrogen and oxygen atoms in total. The zero-order valence-corrected chi connectivity index (χ0v) is 97.1. The van der Waals surface area contributed by atoms with Gasteiger partial charge in [0.15, 0.2) is 20.5 Å². The van der Waals surface area contributed by atoms with E-state index in [1.165, 1.54) is 119 Å². The summed E-state index contributed by atoms with van der Waals surface area (Å²) in [6, 6.07) is 131. The van der Waals surface area contributed by atoms with Crippen LogP contribution in [0.2, 0.25) is 0 Å². The number of carbonyl (C=O) groups is 4. The van der Waals surface area contributed by atoms with Gasteiger partial charge in [-0.05, 0) is 235 Å². The minimum atomic E-state index is -0.589. The second kappa shape index (κ2) is 60.9. The molecule has 0 aliphatic heterocycles. The third-order valence-corrected chi connectivity index (χ3v) is 37.7. The zero-order valence-electron chi connectivity index (χ0n) is 88.3. The Balaban J connectivity index is 0.000000325. The molecule has 0 amide bonds. The molecule has 12 aromatic rings. The Morgan fingerprint density at radius 3 is 1.11 bits per heavy atom. The number of rotatable bonds is 56. The van der Waals surface area contributed by atoms with Crippen molar-refractivity contribution >= 4 is 129 Å². The van der Waals surface area contributed by atoms with E-state index in [0.717, 1.165) is 127 Å². The molecule has 0 bridgehead atoms. The van der Waals surface area contributed by atoms with Gasteiger partial charge in [-0.15, -0.1) is 13.2 Å². The third kappa shape index (κ3) is 34.0. The molecule has 0 fully saturated rings. The van der Waals surface area contributed by atoms with Gasteiger partial charge in [-0.1, -0.05) is 490 Å². The standard InChI is InChI=1S/C70H82O4S4.C62H74S4.Na.H2O/c1-9-58(59-31-17-11-18-32-59)35-29-46-70(78-57(7)74,64-42-27-16-28-43-64)47-30-44-65(60-33-19-12-20-34-60)66(77-56(6)73)45-48-68(10-2,62-38-23-14-24-39-62)52-69(49-50-75-54(4)71,63-40-25-15-26-41-63)51-67(8,53(3)76-55(5)72)61-36-21-13-22-37-61;1-5-50(51-27-13-7-14-28-51)31-25-42-62(66,56-38-23-12-24-39-56)43-26-40-57(52-29-15-8-16-30-52)58(65)41-44-60(6-2,54-34-19-10-20-35-54)48-61(45-46-63,55-36-21-11-22-37-55)47-59(4,49(3)64)53-32-17-9-18-33-53;;/h10-28,31-43,53,65-66H,2,9,29-30,44-52H2,1,3-8H3;6-24,27-39,49,57-58,63-66H,2,5,25-26,40-48H2,1,3-4H3;;1H2/q;;+1;/p-1/b58-35-;50-31-;;. The molecule has 14 atom stereocenters. The Hall–Kier alpha value is -7.96. The molecule has 764 valence electrons. The number of hydrogen-bond donors (Lipinski definition) is 4. The van der Waals surface area contributed by atoms with E-state index >= 15 is 0 Å². The van der Waals surface area contributed by atoms with E-state index in [1.54, 1.807) is 27.7 Å². The van der Waals surface area contributed by atoms with Crippen molar-refractivity contribution in [3.05, 3.63) is 468 Å². The van der Waals surface area contributed by atoms with Gasteiger partial charge in [0.25, 0.3) is 0 Å². The summed E-state index contributed by atoms with van der Waals surface area (Å²) in [5.74, 6) is 1.69. The molecule has 0 saturated heterocycles. The Kier molecular flexibility index (Phi) is 50.7. The van der Waals surface area contributed by atoms with Crippen LogP contribution in [-0.2, 0) is 61.2 Å². The van der Waals surface area contributed by atoms with E-state index < -0.39 is 21.0 Å². The number of hydrogen-bond acceptors (Lipinski definition) is 13. The number of thioether (sulfide) groups is 4. The van der Waals surface area contributed by atoms with Gasteiger partial charge in [0.1, 0.15) is 0 Å². The van der Waals surface area contributed by atoms with Crippen molar-refractivity contribution in [2.75, 3.05) is 11.5 Å². The molecule has 1 N–H and O–H groups in total. The molecular formula is C132H157NaO5S8. The van der Waals surface area contributed by atoms with E-state index in [2.05, 4.69) is 430 Å². The van der Waals surface area contributed by atoms with E-state index in [9.17, 15) is 19.2 Å². The maximum Gasteiger partial charge on any atom is 1.00 e. The summed E-state index contributed by atoms with van der Waals surface area (Å²) in [5.41, 5.74) is 15.5. The summed E-state index contributed by atoms with van der Waals surface area (Å²) in [7, 11) is 0. The van der Waals surface area contributed by atoms with Crippen LogP contribution in [0, 0.1) is 0 Å². The molecule has 0 radical (unpaired) electrons. The van der Waals surface area contributed by atoms with Crippen molar-refractivity contribution in [3.8, 4) is 0 Å². The van der Waals surface area contributed by atoms with E-state index in [-0.39, 0.29) is 109 Å². The third-order valence-electron chi connectivity index (χ3n) is 31.0. The van der Waals surface area contributed by atoms with Crippen LogP contribution >= 0.6 is 97.6 Å². The molecule has 0 saturated carbocycles. The van der Waals surface area contributed by atoms with E-state index in [4.69, 9.17) is 63.7 Å². The van der Waals surface area contributed by atoms with Crippen LogP contribution in [-0.4, -0.2) is 58.4 Å². The molecule has 0 aliphatic rings. The summed E-state index contributed by atoms with van der Waals surface area (Å²) in [6.07, 6.45) is 28.5. The predicted octanol–water partition coefficient (Wildman–Crippen LogP) is 33.3. The van der Waals surface area contributed by atoms with Gasteiger partial charge < -0.3 is 5.48 Å². The molecular weight excluding hydrogens is 1940 g/mol. The number of allylic oxidation sites excluding steroid dienone is 6. The maximum atomic E-state index is 13.8. The summed E-state index contributed by atoms with van der Waals surface area (Å²) in [6.45, 7) is 29.8. The second-order valence-electron chi connectivity index (χ2n) is 40.4. The van der Waals surface area contributed by atoms with Gasteiger partial charge in [-0.2, -0.15) is 50.5 Å². The Labute approximate surface area is 939 Å². The molecule has 14 unspecified atom stereocenters. The van der Waals surface area contributed by atoms with Gasteiger partial charge in [0.2, 0.25) is 0 Å². The van der Waals surface area contributed by atoms with Gasteiger partial charge in [-0.25, -0.2) is 0 Å². The van der Waals surface area contributed by atoms with Crippen molar-refractivity contribution < 1.29 is 54.2 Å². The maximum absolute atomic E-state index is 13.8. The molecule has 0 aliphatic carbocycles. The predicted molar refractivity (Wildman–Crippen MR) is 644 cm³/mol. The Bertz CT molecular complexity index is 5920. The monoisotopic (exact) mass is 2100 g/mol. The largest absolute Gasteiger partial charge is 1.00 e. The molecule has 0 spiro atoms. The first kappa shape index (κ1) is 122. The molecule has 146 heavy (non-hydrogen) atoms. The molecule has 12 aromatic carbocycles. The molecule has 12 rings (SSSR count). The van der Waals surface area contributed by atoms with Crippen LogP contribution in [0.25, 0.3) is 11.1 Å². The fourth-order valence-corrected chi connectivity index (χ4v) is 28.7. The average Bonchev–Trinajstić information content (AvgIpc) is 0.747. The minimum absolute atomic E-state index is 0. The summed E-state index contributed by atoms with van der Waals surface area (Å²) < 4.78 is -0.705. The van der Waals surface area contributed by atoms with Gasteiger partial charge in [0, 0.05) is 85.6 Å².